The minimum atomic E-state index is -4.40. The molecule has 1 N–H and O–H groups in total. The molecule has 0 aromatic rings. The van der Waals surface area contributed by atoms with E-state index in [0.717, 1.165) is 96.3 Å². The first-order valence-corrected chi connectivity index (χ1v) is 34.0. The standard InChI is InChI=1S/C69H122NO8P/c1-6-8-10-12-14-16-18-20-22-24-26-28-30-32-34-35-36-38-40-42-44-46-48-50-52-54-56-58-60-62-69(72)78-67(66-77-79(73,74)76-64-63-70(3,4)5)65-75-68(71)61-59-57-55-53-51-49-47-45-43-41-39-37-33-31-29-27-25-23-21-19-17-15-13-11-9-7-2/h8,10,14,16,20,22,26,28,32,34,36,38,42,44,48,50,67H,6-7,9,11-13,15,17-19,21,23-25,27,29-31,33,35,37,39-41,43,45-47,49,51-66H2,1-5H3/p+1/b10-8-,16-14-,22-20-,28-26-,34-32-,38-36-,44-42-,50-48-. The molecule has 456 valence electrons. The molecule has 0 amide bonds. The van der Waals surface area contributed by atoms with Crippen molar-refractivity contribution < 1.29 is 42.1 Å². The Kier molecular flexibility index (Phi) is 57.2. The summed E-state index contributed by atoms with van der Waals surface area (Å²) in [7, 11) is 1.45. The van der Waals surface area contributed by atoms with E-state index >= 15 is 0 Å². The Hall–Kier alpha value is -3.07. The van der Waals surface area contributed by atoms with Crippen molar-refractivity contribution in [3.8, 4) is 0 Å². The summed E-state index contributed by atoms with van der Waals surface area (Å²) in [6, 6.07) is 0. The number of allylic oxidation sites excluding steroid dienone is 16. The zero-order chi connectivity index (χ0) is 57.7. The van der Waals surface area contributed by atoms with E-state index in [1.54, 1.807) is 0 Å². The molecular formula is C69H123NO8P+. The molecule has 0 aliphatic carbocycles. The largest absolute Gasteiger partial charge is 0.472 e. The molecule has 0 aliphatic rings. The predicted molar refractivity (Wildman–Crippen MR) is 339 cm³/mol. The topological polar surface area (TPSA) is 108 Å². The molecular weight excluding hydrogens is 1000 g/mol. The number of quaternary nitrogens is 1. The average molecular weight is 1130 g/mol. The highest BCUT2D eigenvalue weighted by Gasteiger charge is 2.27. The van der Waals surface area contributed by atoms with Gasteiger partial charge in [0.25, 0.3) is 0 Å². The lowest BCUT2D eigenvalue weighted by Crippen LogP contribution is -2.37. The molecule has 2 atom stereocenters. The Morgan fingerprint density at radius 3 is 1.08 bits per heavy atom. The van der Waals surface area contributed by atoms with E-state index in [9.17, 15) is 19.0 Å². The Morgan fingerprint density at radius 1 is 0.405 bits per heavy atom. The summed E-state index contributed by atoms with van der Waals surface area (Å²) >= 11 is 0. The Labute approximate surface area is 487 Å². The number of nitrogens with zero attached hydrogens (tertiary/aromatic N) is 1. The van der Waals surface area contributed by atoms with Crippen molar-refractivity contribution in [2.24, 2.45) is 0 Å². The fourth-order valence-electron chi connectivity index (χ4n) is 8.92. The van der Waals surface area contributed by atoms with Crippen molar-refractivity contribution in [1.82, 2.24) is 0 Å². The molecule has 10 heteroatoms. The van der Waals surface area contributed by atoms with Gasteiger partial charge in [0.05, 0.1) is 27.7 Å². The quantitative estimate of drug-likeness (QED) is 0.0211. The van der Waals surface area contributed by atoms with Crippen LogP contribution in [-0.2, 0) is 32.7 Å². The number of hydrogen-bond acceptors (Lipinski definition) is 7. The van der Waals surface area contributed by atoms with Crippen LogP contribution in [-0.4, -0.2) is 74.9 Å². The number of carbonyl (C=O) groups is 2. The minimum Gasteiger partial charge on any atom is -0.462 e. The maximum Gasteiger partial charge on any atom is 0.472 e. The number of likely N-dealkylation sites (N-methyl/N-ethyl adjacent to an activating group) is 1. The van der Waals surface area contributed by atoms with E-state index < -0.39 is 26.5 Å². The van der Waals surface area contributed by atoms with Gasteiger partial charge in [0.1, 0.15) is 19.8 Å². The van der Waals surface area contributed by atoms with Crippen molar-refractivity contribution in [2.75, 3.05) is 47.5 Å². The second-order valence-electron chi connectivity index (χ2n) is 22.8. The first kappa shape index (κ1) is 75.9. The summed E-state index contributed by atoms with van der Waals surface area (Å²) in [6.07, 6.45) is 82.1. The number of esters is 2. The molecule has 0 aromatic carbocycles. The van der Waals surface area contributed by atoms with Crippen molar-refractivity contribution in [2.45, 2.75) is 283 Å². The van der Waals surface area contributed by atoms with Gasteiger partial charge in [0.2, 0.25) is 0 Å². The smallest absolute Gasteiger partial charge is 0.462 e. The van der Waals surface area contributed by atoms with Gasteiger partial charge in [0.15, 0.2) is 6.10 Å². The van der Waals surface area contributed by atoms with Crippen molar-refractivity contribution in [3.05, 3.63) is 97.2 Å². The van der Waals surface area contributed by atoms with Gasteiger partial charge in [-0.25, -0.2) is 4.57 Å². The summed E-state index contributed by atoms with van der Waals surface area (Å²) in [5, 5.41) is 0. The van der Waals surface area contributed by atoms with Gasteiger partial charge in [-0.05, 0) is 77.0 Å². The monoisotopic (exact) mass is 1120 g/mol. The van der Waals surface area contributed by atoms with Gasteiger partial charge in [0, 0.05) is 12.8 Å². The summed E-state index contributed by atoms with van der Waals surface area (Å²) < 4.78 is 34.6. The van der Waals surface area contributed by atoms with E-state index in [1.807, 2.05) is 21.1 Å². The van der Waals surface area contributed by atoms with Crippen LogP contribution in [0.2, 0.25) is 0 Å². The fraction of sp³-hybridized carbons (Fsp3) is 0.739. The Balaban J connectivity index is 4.17. The van der Waals surface area contributed by atoms with Crippen LogP contribution in [0.1, 0.15) is 277 Å². The van der Waals surface area contributed by atoms with Crippen LogP contribution in [0.3, 0.4) is 0 Å². The van der Waals surface area contributed by atoms with Crippen LogP contribution in [0.15, 0.2) is 97.2 Å². The first-order chi connectivity index (χ1) is 38.5. The number of phosphoric ester groups is 1. The number of hydrogen-bond donors (Lipinski definition) is 1. The molecule has 0 saturated heterocycles. The molecule has 2 unspecified atom stereocenters. The average Bonchev–Trinajstić information content (AvgIpc) is 3.41. The molecule has 0 rings (SSSR count). The maximum atomic E-state index is 12.8. The van der Waals surface area contributed by atoms with E-state index in [1.165, 1.54) is 148 Å². The van der Waals surface area contributed by atoms with Gasteiger partial charge >= 0.3 is 19.8 Å². The molecule has 0 radical (unpaired) electrons. The second kappa shape index (κ2) is 59.5. The predicted octanol–water partition coefficient (Wildman–Crippen LogP) is 20.8. The van der Waals surface area contributed by atoms with Gasteiger partial charge in [-0.3, -0.25) is 18.6 Å². The van der Waals surface area contributed by atoms with Gasteiger partial charge < -0.3 is 18.9 Å². The molecule has 0 aliphatic heterocycles. The molecule has 0 spiro atoms. The van der Waals surface area contributed by atoms with Gasteiger partial charge in [-0.2, -0.15) is 0 Å². The van der Waals surface area contributed by atoms with E-state index in [2.05, 4.69) is 111 Å². The lowest BCUT2D eigenvalue weighted by molar-refractivity contribution is -0.870. The summed E-state index contributed by atoms with van der Waals surface area (Å²) in [6.45, 7) is 4.32. The molecule has 0 fully saturated rings. The van der Waals surface area contributed by atoms with E-state index in [-0.39, 0.29) is 32.0 Å². The normalized spacial score (nSPS) is 13.8. The molecule has 0 bridgehead atoms. The maximum absolute atomic E-state index is 12.8. The van der Waals surface area contributed by atoms with Crippen molar-refractivity contribution >= 4 is 19.8 Å². The van der Waals surface area contributed by atoms with E-state index in [4.69, 9.17) is 18.5 Å². The number of phosphoric acid groups is 1. The zero-order valence-corrected chi connectivity index (χ0v) is 52.7. The summed E-state index contributed by atoms with van der Waals surface area (Å²) in [4.78, 5) is 35.8. The van der Waals surface area contributed by atoms with E-state index in [0.29, 0.717) is 17.4 Å². The van der Waals surface area contributed by atoms with Gasteiger partial charge in [-0.15, -0.1) is 0 Å². The summed E-state index contributed by atoms with van der Waals surface area (Å²) in [5.41, 5.74) is 0. The lowest BCUT2D eigenvalue weighted by Gasteiger charge is -2.24. The number of ether oxygens (including phenoxy) is 2. The van der Waals surface area contributed by atoms with Crippen LogP contribution in [0.5, 0.6) is 0 Å². The lowest BCUT2D eigenvalue weighted by atomic mass is 10.0. The van der Waals surface area contributed by atoms with Crippen LogP contribution >= 0.6 is 7.82 Å². The highest BCUT2D eigenvalue weighted by molar-refractivity contribution is 7.47. The van der Waals surface area contributed by atoms with Crippen LogP contribution in [0.25, 0.3) is 0 Å². The SMILES string of the molecule is CC/C=C\C/C=C\C/C=C\C/C=C\C/C=C\C/C=C\C/C=C\C/C=C\CCCCCCC(=O)OC(COC(=O)CCCCCCCCCCCCCCCCCCCCCCCCCCCC)COP(=O)(O)OCC[N+](C)(C)C. The third-order valence-corrected chi connectivity index (χ3v) is 14.9. The third kappa shape index (κ3) is 64.0. The van der Waals surface area contributed by atoms with Crippen LogP contribution in [0.4, 0.5) is 0 Å². The second-order valence-corrected chi connectivity index (χ2v) is 24.2. The first-order valence-electron chi connectivity index (χ1n) is 32.5. The molecule has 79 heavy (non-hydrogen) atoms. The molecule has 0 heterocycles. The molecule has 9 nitrogen and oxygen atoms in total. The minimum absolute atomic E-state index is 0.0227. The Morgan fingerprint density at radius 2 is 0.722 bits per heavy atom. The fourth-order valence-corrected chi connectivity index (χ4v) is 9.66. The molecule has 0 saturated carbocycles. The highest BCUT2D eigenvalue weighted by Crippen LogP contribution is 2.43. The molecule has 0 aromatic heterocycles. The summed E-state index contributed by atoms with van der Waals surface area (Å²) in [5.74, 6) is -0.822. The Bertz CT molecular complexity index is 1650. The van der Waals surface area contributed by atoms with Crippen LogP contribution < -0.4 is 0 Å². The van der Waals surface area contributed by atoms with Gasteiger partial charge in [-0.1, -0.05) is 284 Å². The number of rotatable bonds is 59. The zero-order valence-electron chi connectivity index (χ0n) is 51.8. The van der Waals surface area contributed by atoms with Crippen molar-refractivity contribution in [1.29, 1.82) is 0 Å². The highest BCUT2D eigenvalue weighted by atomic mass is 31.2. The third-order valence-electron chi connectivity index (χ3n) is 13.9. The number of unbranched alkanes of at least 4 members (excludes halogenated alkanes) is 29. The van der Waals surface area contributed by atoms with Crippen LogP contribution in [0, 0.1) is 0 Å². The number of carbonyl (C=O) groups excluding carboxylic acids is 2. The van der Waals surface area contributed by atoms with Crippen molar-refractivity contribution in [3.63, 3.8) is 0 Å².